The largest absolute Gasteiger partial charge is 0.465 e. The molecule has 24 atom stereocenters. The molecule has 470 valence electrons. The first kappa shape index (κ1) is 61.0. The van der Waals surface area contributed by atoms with Gasteiger partial charge in [0.1, 0.15) is 11.7 Å². The second-order valence-electron chi connectivity index (χ2n) is 31.9. The van der Waals surface area contributed by atoms with Crippen LogP contribution >= 0.6 is 0 Å². The van der Waals surface area contributed by atoms with E-state index >= 15 is 0 Å². The molecule has 14 aliphatic carbocycles. The van der Waals surface area contributed by atoms with Crippen molar-refractivity contribution in [2.75, 3.05) is 47.3 Å². The number of carbonyl (C=O) groups excluding carboxylic acids is 6. The third kappa shape index (κ3) is 12.2. The van der Waals surface area contributed by atoms with Crippen molar-refractivity contribution >= 4 is 35.8 Å². The number of hydrogen-bond donors (Lipinski definition) is 0. The molecule has 14 saturated carbocycles. The molecule has 14 bridgehead atoms. The van der Waals surface area contributed by atoms with E-state index in [9.17, 15) is 28.8 Å². The molecule has 0 amide bonds. The summed E-state index contributed by atoms with van der Waals surface area (Å²) in [6, 6.07) is 0. The molecule has 0 aromatic carbocycles. The van der Waals surface area contributed by atoms with E-state index in [-0.39, 0.29) is 138 Å². The van der Waals surface area contributed by atoms with Crippen molar-refractivity contribution in [2.45, 2.75) is 207 Å². The molecule has 14 aliphatic rings. The smallest absolute Gasteiger partial charge is 0.312 e. The van der Waals surface area contributed by atoms with Gasteiger partial charge in [0, 0.05) is 12.5 Å². The van der Waals surface area contributed by atoms with Gasteiger partial charge in [0.05, 0.1) is 55.3 Å². The van der Waals surface area contributed by atoms with Crippen LogP contribution in [0.5, 0.6) is 0 Å². The van der Waals surface area contributed by atoms with Crippen molar-refractivity contribution in [3.05, 3.63) is 0 Å². The van der Waals surface area contributed by atoms with Crippen LogP contribution in [0, 0.1) is 141 Å². The number of rotatable bonds is 19. The molecule has 15 heteroatoms. The highest BCUT2D eigenvalue weighted by molar-refractivity contribution is 5.85. The second kappa shape index (κ2) is 24.9. The van der Waals surface area contributed by atoms with Gasteiger partial charge in [-0.15, -0.1) is 0 Å². The predicted octanol–water partition coefficient (Wildman–Crippen LogP) is 12.1. The Labute approximate surface area is 500 Å². The fourth-order valence-corrected chi connectivity index (χ4v) is 21.8. The zero-order valence-electron chi connectivity index (χ0n) is 52.1. The van der Waals surface area contributed by atoms with E-state index in [1.165, 1.54) is 90.6 Å². The van der Waals surface area contributed by atoms with Crippen molar-refractivity contribution in [2.24, 2.45) is 141 Å². The summed E-state index contributed by atoms with van der Waals surface area (Å²) >= 11 is 0. The van der Waals surface area contributed by atoms with Crippen LogP contribution in [-0.4, -0.2) is 94.8 Å². The van der Waals surface area contributed by atoms with Crippen molar-refractivity contribution in [3.63, 3.8) is 0 Å². The lowest BCUT2D eigenvalue weighted by Gasteiger charge is -2.39. The van der Waals surface area contributed by atoms with Crippen LogP contribution < -0.4 is 0 Å². The molecule has 0 radical (unpaired) electrons. The number of esters is 6. The average Bonchev–Trinajstić information content (AvgIpc) is 2.27. The van der Waals surface area contributed by atoms with Crippen LogP contribution in [-0.2, 0) is 71.4 Å². The zero-order valence-corrected chi connectivity index (χ0v) is 52.1. The van der Waals surface area contributed by atoms with E-state index in [4.69, 9.17) is 42.6 Å². The summed E-state index contributed by atoms with van der Waals surface area (Å²) in [5, 5.41) is 0. The Kier molecular flexibility index (Phi) is 18.1. The third-order valence-electron chi connectivity index (χ3n) is 26.4. The Hall–Kier alpha value is -3.30. The summed E-state index contributed by atoms with van der Waals surface area (Å²) in [4.78, 5) is 77.0. The number of methoxy groups -OCH3 is 1. The van der Waals surface area contributed by atoms with Crippen LogP contribution in [0.1, 0.15) is 196 Å². The number of ether oxygens (including phenoxy) is 9. The van der Waals surface area contributed by atoms with Crippen LogP contribution in [0.2, 0.25) is 0 Å². The van der Waals surface area contributed by atoms with Gasteiger partial charge in [0.2, 0.25) is 0 Å². The van der Waals surface area contributed by atoms with Gasteiger partial charge in [-0.1, -0.05) is 40.0 Å². The summed E-state index contributed by atoms with van der Waals surface area (Å²) in [7, 11) is 1.50. The highest BCUT2D eigenvalue weighted by Crippen LogP contribution is 2.67. The maximum Gasteiger partial charge on any atom is 0.312 e. The van der Waals surface area contributed by atoms with Gasteiger partial charge < -0.3 is 42.6 Å². The molecule has 14 fully saturated rings. The zero-order chi connectivity index (χ0) is 58.8. The first-order chi connectivity index (χ1) is 40.3. The minimum absolute atomic E-state index is 0.0153. The lowest BCUT2D eigenvalue weighted by atomic mass is 9.70. The van der Waals surface area contributed by atoms with Gasteiger partial charge in [0.25, 0.3) is 0 Å². The van der Waals surface area contributed by atoms with E-state index in [2.05, 4.69) is 20.8 Å². The molecule has 0 aromatic rings. The quantitative estimate of drug-likeness (QED) is 0.0514. The molecule has 0 saturated heterocycles. The number of fused-ring (bicyclic) bond motifs is 14. The standard InChI is InChI=1S/C26H38O5.C22H34O5.C21H32O5/c27-25(30-13-22-10-16-2-4-18(22)8-16)23-19-5-6-20(11-19)24(23)26(28)31-14-29-12-21-9-15-1-3-17(21)7-15;1-22(2,3)27-21(24)19-16-7-6-15(10-16)18(19)20(23)26-12-25-11-17-9-13-4-5-14(17)8-13;1-20(2)14-7-8-21(20,3)15(10-14)26-19(23)17-13-6-5-12(9-13)16(17)18(22)25-11-24-4/h15-24H,1-14H2;13-19H,4-12H2,1-3H3;12-17H,5-11H2,1-4H3. The van der Waals surface area contributed by atoms with E-state index in [0.717, 1.165) is 106 Å². The van der Waals surface area contributed by atoms with Gasteiger partial charge in [-0.2, -0.15) is 0 Å². The van der Waals surface area contributed by atoms with Gasteiger partial charge in [0.15, 0.2) is 20.4 Å². The minimum Gasteiger partial charge on any atom is -0.465 e. The highest BCUT2D eigenvalue weighted by Gasteiger charge is 2.64. The molecule has 15 nitrogen and oxygen atoms in total. The molecule has 84 heavy (non-hydrogen) atoms. The fourth-order valence-electron chi connectivity index (χ4n) is 21.8. The predicted molar refractivity (Wildman–Crippen MR) is 308 cm³/mol. The molecular weight excluding hydrogens is 1070 g/mol. The summed E-state index contributed by atoms with van der Waals surface area (Å²) in [5.74, 6) is 5.80. The highest BCUT2D eigenvalue weighted by atomic mass is 16.7. The molecular formula is C69H104O15. The molecule has 0 spiro atoms. The van der Waals surface area contributed by atoms with E-state index in [1.807, 2.05) is 20.8 Å². The van der Waals surface area contributed by atoms with E-state index in [0.29, 0.717) is 49.4 Å². The van der Waals surface area contributed by atoms with Crippen LogP contribution in [0.3, 0.4) is 0 Å². The molecule has 0 heterocycles. The van der Waals surface area contributed by atoms with Crippen LogP contribution in [0.4, 0.5) is 0 Å². The molecule has 0 N–H and O–H groups in total. The summed E-state index contributed by atoms with van der Waals surface area (Å²) in [6.07, 6.45) is 28.2. The van der Waals surface area contributed by atoms with Crippen molar-refractivity contribution in [1.82, 2.24) is 0 Å². The Bertz CT molecular complexity index is 2400. The molecule has 24 unspecified atom stereocenters. The lowest BCUT2D eigenvalue weighted by molar-refractivity contribution is -0.176. The Morgan fingerprint density at radius 1 is 0.393 bits per heavy atom. The van der Waals surface area contributed by atoms with Crippen LogP contribution in [0.25, 0.3) is 0 Å². The normalized spacial score (nSPS) is 44.0. The molecule has 0 aliphatic heterocycles. The summed E-state index contributed by atoms with van der Waals surface area (Å²) in [5.41, 5.74) is -0.266. The SMILES string of the molecule is CC(C)(C)OC(=O)C1C2CCC(C2)C1C(=O)OCOCC1CC2CCC1C2.COCOC(=O)C1C2CCC(C2)C1C(=O)OC1CC2CCC1(C)C2(C)C.O=C(OCOCC1CC2CCC1C2)C1C2CCC(C2)C1C(=O)OCC1CC2CCC1C2. The Morgan fingerprint density at radius 2 is 0.762 bits per heavy atom. The van der Waals surface area contributed by atoms with E-state index in [1.54, 1.807) is 0 Å². The van der Waals surface area contributed by atoms with Crippen molar-refractivity contribution < 1.29 is 71.4 Å². The Morgan fingerprint density at radius 3 is 1.11 bits per heavy atom. The molecule has 0 aromatic heterocycles. The monoisotopic (exact) mass is 1170 g/mol. The first-order valence-corrected chi connectivity index (χ1v) is 34.0. The maximum absolute atomic E-state index is 13.1. The number of carbonyl (C=O) groups is 6. The first-order valence-electron chi connectivity index (χ1n) is 34.0. The van der Waals surface area contributed by atoms with Gasteiger partial charge in [-0.25, -0.2) is 0 Å². The third-order valence-corrected chi connectivity index (χ3v) is 26.4. The lowest BCUT2D eigenvalue weighted by Crippen LogP contribution is -2.42. The maximum atomic E-state index is 13.1. The molecule has 14 rings (SSSR count). The summed E-state index contributed by atoms with van der Waals surface area (Å²) < 4.78 is 50.1. The van der Waals surface area contributed by atoms with Crippen molar-refractivity contribution in [3.8, 4) is 0 Å². The topological polar surface area (TPSA) is 185 Å². The Balaban J connectivity index is 0.000000125. The fraction of sp³-hybridized carbons (Fsp3) is 0.913. The van der Waals surface area contributed by atoms with Gasteiger partial charge >= 0.3 is 35.8 Å². The van der Waals surface area contributed by atoms with Crippen molar-refractivity contribution in [1.29, 1.82) is 0 Å². The minimum atomic E-state index is -0.531. The van der Waals surface area contributed by atoms with Crippen LogP contribution in [0.15, 0.2) is 0 Å². The second-order valence-corrected chi connectivity index (χ2v) is 31.9. The average molecular weight is 1170 g/mol. The van der Waals surface area contributed by atoms with E-state index < -0.39 is 5.60 Å². The number of hydrogen-bond acceptors (Lipinski definition) is 15. The van der Waals surface area contributed by atoms with Gasteiger partial charge in [-0.3, -0.25) is 28.8 Å². The van der Waals surface area contributed by atoms with Gasteiger partial charge in [-0.05, 0) is 256 Å². The summed E-state index contributed by atoms with van der Waals surface area (Å²) in [6.45, 7) is 14.5.